The molecule has 1 saturated carbocycles. The lowest BCUT2D eigenvalue weighted by atomic mass is 10.1. The molecule has 0 radical (unpaired) electrons. The van der Waals surface area contributed by atoms with Gasteiger partial charge in [0.05, 0.1) is 23.0 Å². The van der Waals surface area contributed by atoms with Crippen molar-refractivity contribution >= 4 is 17.3 Å². The van der Waals surface area contributed by atoms with Crippen LogP contribution in [-0.4, -0.2) is 28.0 Å². The minimum absolute atomic E-state index is 0.555. The first-order valence-electron chi connectivity index (χ1n) is 9.29. The van der Waals surface area contributed by atoms with Gasteiger partial charge in [0.25, 0.3) is 0 Å². The third kappa shape index (κ3) is 4.24. The van der Waals surface area contributed by atoms with E-state index in [0.717, 1.165) is 16.9 Å². The highest BCUT2D eigenvalue weighted by Crippen LogP contribution is 2.42. The molecule has 0 spiro atoms. The minimum atomic E-state index is 0.555. The first-order valence-corrected chi connectivity index (χ1v) is 9.29. The number of pyridine rings is 3. The van der Waals surface area contributed by atoms with Crippen molar-refractivity contribution in [2.75, 3.05) is 23.7 Å². The number of hydrogen-bond acceptors (Lipinski definition) is 7. The van der Waals surface area contributed by atoms with Crippen molar-refractivity contribution in [3.05, 3.63) is 60.0 Å². The summed E-state index contributed by atoms with van der Waals surface area (Å²) < 4.78 is 0. The van der Waals surface area contributed by atoms with Crippen LogP contribution in [0, 0.1) is 11.3 Å². The van der Waals surface area contributed by atoms with Crippen molar-refractivity contribution < 1.29 is 0 Å². The fourth-order valence-corrected chi connectivity index (χ4v) is 3.01. The summed E-state index contributed by atoms with van der Waals surface area (Å²) in [4.78, 5) is 13.4. The van der Waals surface area contributed by atoms with E-state index in [1.54, 1.807) is 24.5 Å². The zero-order valence-corrected chi connectivity index (χ0v) is 15.4. The molecule has 0 atom stereocenters. The van der Waals surface area contributed by atoms with Gasteiger partial charge in [-0.05, 0) is 54.7 Å². The molecule has 4 rings (SSSR count). The van der Waals surface area contributed by atoms with Gasteiger partial charge in [0.2, 0.25) is 0 Å². The number of nitrogens with zero attached hydrogens (tertiary/aromatic N) is 4. The van der Waals surface area contributed by atoms with Crippen molar-refractivity contribution in [3.8, 4) is 17.3 Å². The molecular weight excluding hydrogens is 350 g/mol. The molecule has 3 heterocycles. The fraction of sp³-hybridized carbons (Fsp3) is 0.238. The summed E-state index contributed by atoms with van der Waals surface area (Å²) in [7, 11) is 0. The Balaban J connectivity index is 1.67. The Morgan fingerprint density at radius 2 is 2.04 bits per heavy atom. The monoisotopic (exact) mass is 371 g/mol. The maximum atomic E-state index is 9.09. The SMILES string of the molecule is N#Cc1ccnc(Nc2cc(C3CC3)cc(-c3cncc(NCCN)c3)n2)c1. The summed E-state index contributed by atoms with van der Waals surface area (Å²) in [6.07, 6.45) is 7.59. The Bertz CT molecular complexity index is 1020. The second-order valence-corrected chi connectivity index (χ2v) is 6.79. The van der Waals surface area contributed by atoms with Crippen molar-refractivity contribution in [1.29, 1.82) is 5.26 Å². The lowest BCUT2D eigenvalue weighted by Gasteiger charge is -2.11. The number of rotatable bonds is 7. The lowest BCUT2D eigenvalue weighted by molar-refractivity contribution is 1.02. The molecule has 0 aromatic carbocycles. The molecule has 0 amide bonds. The molecule has 3 aromatic heterocycles. The molecule has 3 aromatic rings. The average Bonchev–Trinajstić information content (AvgIpc) is 3.58. The smallest absolute Gasteiger partial charge is 0.132 e. The number of anilines is 3. The van der Waals surface area contributed by atoms with Crippen molar-refractivity contribution in [1.82, 2.24) is 15.0 Å². The van der Waals surface area contributed by atoms with Gasteiger partial charge in [-0.15, -0.1) is 0 Å². The molecule has 0 unspecified atom stereocenters. The summed E-state index contributed by atoms with van der Waals surface area (Å²) in [5.74, 6) is 1.89. The van der Waals surface area contributed by atoms with E-state index in [9.17, 15) is 0 Å². The quantitative estimate of drug-likeness (QED) is 0.583. The summed E-state index contributed by atoms with van der Waals surface area (Å²) in [6.45, 7) is 1.25. The highest BCUT2D eigenvalue weighted by atomic mass is 15.1. The Morgan fingerprint density at radius 3 is 2.82 bits per heavy atom. The van der Waals surface area contributed by atoms with Gasteiger partial charge < -0.3 is 16.4 Å². The number of nitrogens with two attached hydrogens (primary N) is 1. The topological polar surface area (TPSA) is 113 Å². The molecule has 1 fully saturated rings. The van der Waals surface area contributed by atoms with E-state index in [1.807, 2.05) is 12.3 Å². The van der Waals surface area contributed by atoms with E-state index in [4.69, 9.17) is 16.0 Å². The normalized spacial score (nSPS) is 13.0. The van der Waals surface area contributed by atoms with Crippen LogP contribution in [0.4, 0.5) is 17.3 Å². The van der Waals surface area contributed by atoms with E-state index >= 15 is 0 Å². The Kier molecular flexibility index (Phi) is 5.13. The predicted molar refractivity (Wildman–Crippen MR) is 109 cm³/mol. The summed E-state index contributed by atoms with van der Waals surface area (Å²) in [5.41, 5.74) is 10.1. The number of nitriles is 1. The molecule has 1 aliphatic carbocycles. The predicted octanol–water partition coefficient (Wildman–Crippen LogP) is 3.40. The molecule has 1 aliphatic rings. The third-order valence-electron chi connectivity index (χ3n) is 4.55. The van der Waals surface area contributed by atoms with Crippen molar-refractivity contribution in [3.63, 3.8) is 0 Å². The van der Waals surface area contributed by atoms with Gasteiger partial charge in [0.1, 0.15) is 11.6 Å². The zero-order chi connectivity index (χ0) is 19.3. The molecule has 0 aliphatic heterocycles. The summed E-state index contributed by atoms with van der Waals surface area (Å²) in [6, 6.07) is 11.7. The minimum Gasteiger partial charge on any atom is -0.383 e. The van der Waals surface area contributed by atoms with Crippen molar-refractivity contribution in [2.45, 2.75) is 18.8 Å². The first kappa shape index (κ1) is 17.9. The molecule has 4 N–H and O–H groups in total. The van der Waals surface area contributed by atoms with Crippen LogP contribution < -0.4 is 16.4 Å². The largest absolute Gasteiger partial charge is 0.383 e. The van der Waals surface area contributed by atoms with Crippen LogP contribution in [0.15, 0.2) is 48.9 Å². The van der Waals surface area contributed by atoms with Gasteiger partial charge in [-0.1, -0.05) is 0 Å². The Labute approximate surface area is 163 Å². The average molecular weight is 371 g/mol. The highest BCUT2D eigenvalue weighted by molar-refractivity contribution is 5.67. The number of nitrogens with one attached hydrogen (secondary N) is 2. The Morgan fingerprint density at radius 1 is 1.14 bits per heavy atom. The van der Waals surface area contributed by atoms with Crippen LogP contribution >= 0.6 is 0 Å². The number of aromatic nitrogens is 3. The lowest BCUT2D eigenvalue weighted by Crippen LogP contribution is -2.13. The zero-order valence-electron chi connectivity index (χ0n) is 15.4. The van der Waals surface area contributed by atoms with Gasteiger partial charge >= 0.3 is 0 Å². The van der Waals surface area contributed by atoms with Crippen LogP contribution in [0.25, 0.3) is 11.3 Å². The van der Waals surface area contributed by atoms with E-state index in [0.29, 0.717) is 36.2 Å². The molecule has 7 nitrogen and oxygen atoms in total. The second kappa shape index (κ2) is 8.03. The second-order valence-electron chi connectivity index (χ2n) is 6.79. The van der Waals surface area contributed by atoms with Crippen LogP contribution in [0.1, 0.15) is 29.9 Å². The maximum absolute atomic E-state index is 9.09. The van der Waals surface area contributed by atoms with Crippen molar-refractivity contribution in [2.24, 2.45) is 5.73 Å². The third-order valence-corrected chi connectivity index (χ3v) is 4.55. The van der Waals surface area contributed by atoms with E-state index in [2.05, 4.69) is 38.8 Å². The standard InChI is InChI=1S/C21H21N7/c22-4-6-25-18-8-17(12-24-13-18)19-9-16(15-1-2-15)10-21(27-19)28-20-7-14(11-23)3-5-26-20/h3,5,7-10,12-13,15,25H,1-2,4,6,22H2,(H,26,27,28). The maximum Gasteiger partial charge on any atom is 0.132 e. The van der Waals surface area contributed by atoms with Gasteiger partial charge in [0, 0.05) is 37.2 Å². The van der Waals surface area contributed by atoms with Crippen LogP contribution in [0.3, 0.4) is 0 Å². The molecule has 28 heavy (non-hydrogen) atoms. The van der Waals surface area contributed by atoms with Crippen LogP contribution in [0.5, 0.6) is 0 Å². The molecule has 0 bridgehead atoms. The molecular formula is C21H21N7. The van der Waals surface area contributed by atoms with E-state index in [1.165, 1.54) is 18.4 Å². The van der Waals surface area contributed by atoms with E-state index < -0.39 is 0 Å². The summed E-state index contributed by atoms with van der Waals surface area (Å²) in [5, 5.41) is 15.6. The highest BCUT2D eigenvalue weighted by Gasteiger charge is 2.25. The number of hydrogen-bond donors (Lipinski definition) is 3. The van der Waals surface area contributed by atoms with Crippen LogP contribution in [-0.2, 0) is 0 Å². The first-order chi connectivity index (χ1) is 13.7. The van der Waals surface area contributed by atoms with Gasteiger partial charge in [-0.2, -0.15) is 5.26 Å². The molecule has 0 saturated heterocycles. The summed E-state index contributed by atoms with van der Waals surface area (Å²) >= 11 is 0. The van der Waals surface area contributed by atoms with Gasteiger partial charge in [0.15, 0.2) is 0 Å². The Hall–Kier alpha value is -3.50. The van der Waals surface area contributed by atoms with E-state index in [-0.39, 0.29) is 0 Å². The van der Waals surface area contributed by atoms with Gasteiger partial charge in [-0.3, -0.25) is 4.98 Å². The molecule has 7 heteroatoms. The van der Waals surface area contributed by atoms with Gasteiger partial charge in [-0.25, -0.2) is 9.97 Å². The molecule has 140 valence electrons. The fourth-order valence-electron chi connectivity index (χ4n) is 3.01. The van der Waals surface area contributed by atoms with Crippen LogP contribution in [0.2, 0.25) is 0 Å².